The number of rotatable bonds is 4. The number of nitrogens with zero attached hydrogens (tertiary/aromatic N) is 3. The van der Waals surface area contributed by atoms with Crippen molar-refractivity contribution < 1.29 is 0 Å². The number of aromatic nitrogens is 3. The summed E-state index contributed by atoms with van der Waals surface area (Å²) in [6.45, 7) is 0. The molecule has 11 rings (SSSR count). The van der Waals surface area contributed by atoms with E-state index in [1.807, 2.05) is 35.6 Å². The summed E-state index contributed by atoms with van der Waals surface area (Å²) >= 11 is 1.84. The molecule has 0 fully saturated rings. The summed E-state index contributed by atoms with van der Waals surface area (Å²) in [7, 11) is 0. The fraction of sp³-hybridized carbons (Fsp3) is 0. The summed E-state index contributed by atoms with van der Waals surface area (Å²) < 4.78 is 2.51. The molecule has 0 radical (unpaired) electrons. The van der Waals surface area contributed by atoms with Gasteiger partial charge in [-0.05, 0) is 56.6 Å². The van der Waals surface area contributed by atoms with Crippen LogP contribution in [0.3, 0.4) is 0 Å². The maximum absolute atomic E-state index is 5.56. The standard InChI is InChI=1S/C49H29N3S/c1-3-13-30(14-4-1)42-29-43(52-49(51-42)31-15-5-2-6-16-31)32-23-26-39-44(28-32)50-47(46-40-21-11-12-22-45(40)53-48(39)46)33-24-25-38-36-19-8-7-17-34(36)35-18-9-10-20-37(35)41(38)27-33/h1-29H. The first-order valence-corrected chi connectivity index (χ1v) is 18.7. The van der Waals surface area contributed by atoms with Gasteiger partial charge in [0.2, 0.25) is 0 Å². The van der Waals surface area contributed by atoms with Crippen LogP contribution in [0.25, 0.3) is 109 Å². The highest BCUT2D eigenvalue weighted by Crippen LogP contribution is 2.45. The van der Waals surface area contributed by atoms with Crippen molar-refractivity contribution in [3.05, 3.63) is 176 Å². The van der Waals surface area contributed by atoms with E-state index in [-0.39, 0.29) is 0 Å². The van der Waals surface area contributed by atoms with E-state index in [2.05, 4.69) is 152 Å². The molecule has 0 saturated carbocycles. The van der Waals surface area contributed by atoms with E-state index in [9.17, 15) is 0 Å². The van der Waals surface area contributed by atoms with Crippen LogP contribution < -0.4 is 0 Å². The molecule has 0 aliphatic heterocycles. The largest absolute Gasteiger partial charge is 0.247 e. The SMILES string of the molecule is c1ccc(-c2cc(-c3ccc4c(c3)nc(-c3ccc5c6ccccc6c6ccccc6c5c3)c3c5ccccc5sc43)nc(-c3ccccc3)n2)cc1. The minimum atomic E-state index is 0.701. The highest BCUT2D eigenvalue weighted by molar-refractivity contribution is 7.26. The van der Waals surface area contributed by atoms with Crippen molar-refractivity contribution in [2.24, 2.45) is 0 Å². The summed E-state index contributed by atoms with van der Waals surface area (Å²) in [6.07, 6.45) is 0. The lowest BCUT2D eigenvalue weighted by Gasteiger charge is -2.13. The normalized spacial score (nSPS) is 11.8. The van der Waals surface area contributed by atoms with Gasteiger partial charge in [-0.1, -0.05) is 152 Å². The Bertz CT molecular complexity index is 3130. The molecule has 53 heavy (non-hydrogen) atoms. The van der Waals surface area contributed by atoms with Gasteiger partial charge in [-0.3, -0.25) is 0 Å². The second kappa shape index (κ2) is 11.9. The smallest absolute Gasteiger partial charge is 0.160 e. The average Bonchev–Trinajstić information content (AvgIpc) is 3.64. The van der Waals surface area contributed by atoms with Gasteiger partial charge in [-0.25, -0.2) is 15.0 Å². The molecule has 3 heterocycles. The molecule has 0 saturated heterocycles. The molecule has 0 N–H and O–H groups in total. The third kappa shape index (κ3) is 4.84. The molecule has 0 amide bonds. The zero-order chi connectivity index (χ0) is 34.9. The van der Waals surface area contributed by atoms with Crippen molar-refractivity contribution in [2.75, 3.05) is 0 Å². The van der Waals surface area contributed by atoms with Gasteiger partial charge in [0.05, 0.1) is 22.6 Å². The monoisotopic (exact) mass is 691 g/mol. The molecule has 0 atom stereocenters. The predicted octanol–water partition coefficient (Wildman–Crippen LogP) is 13.5. The van der Waals surface area contributed by atoms with Crippen molar-refractivity contribution in [3.63, 3.8) is 0 Å². The lowest BCUT2D eigenvalue weighted by atomic mass is 9.92. The summed E-state index contributed by atoms with van der Waals surface area (Å²) in [6, 6.07) is 62.4. The van der Waals surface area contributed by atoms with E-state index in [1.54, 1.807) is 0 Å². The molecule has 246 valence electrons. The maximum atomic E-state index is 5.56. The average molecular weight is 692 g/mol. The fourth-order valence-electron chi connectivity index (χ4n) is 7.95. The summed E-state index contributed by atoms with van der Waals surface area (Å²) in [5.74, 6) is 0.701. The predicted molar refractivity (Wildman–Crippen MR) is 224 cm³/mol. The van der Waals surface area contributed by atoms with Crippen LogP contribution in [0.2, 0.25) is 0 Å². The third-order valence-electron chi connectivity index (χ3n) is 10.4. The Balaban J connectivity index is 1.17. The molecule has 0 unspecified atom stereocenters. The molecule has 8 aromatic carbocycles. The van der Waals surface area contributed by atoms with Gasteiger partial charge in [-0.2, -0.15) is 0 Å². The number of thiophene rings is 1. The quantitative estimate of drug-likeness (QED) is 0.172. The Labute approximate surface area is 309 Å². The Morgan fingerprint density at radius 3 is 1.57 bits per heavy atom. The lowest BCUT2D eigenvalue weighted by molar-refractivity contribution is 1.18. The second-order valence-corrected chi connectivity index (χ2v) is 14.6. The Kier molecular flexibility index (Phi) is 6.73. The molecular formula is C49H29N3S. The van der Waals surface area contributed by atoms with Gasteiger partial charge >= 0.3 is 0 Å². The van der Waals surface area contributed by atoms with Crippen LogP contribution in [0.4, 0.5) is 0 Å². The Morgan fingerprint density at radius 1 is 0.340 bits per heavy atom. The van der Waals surface area contributed by atoms with Gasteiger partial charge in [0.1, 0.15) is 0 Å². The molecular weight excluding hydrogens is 663 g/mol. The number of hydrogen-bond donors (Lipinski definition) is 0. The molecule has 3 aromatic heterocycles. The van der Waals surface area contributed by atoms with E-state index in [0.717, 1.165) is 50.2 Å². The van der Waals surface area contributed by atoms with E-state index >= 15 is 0 Å². The van der Waals surface area contributed by atoms with Crippen LogP contribution in [0.15, 0.2) is 176 Å². The van der Waals surface area contributed by atoms with Crippen LogP contribution in [0.5, 0.6) is 0 Å². The van der Waals surface area contributed by atoms with Gasteiger partial charge < -0.3 is 0 Å². The van der Waals surface area contributed by atoms with Crippen LogP contribution >= 0.6 is 11.3 Å². The fourth-order valence-corrected chi connectivity index (χ4v) is 9.19. The van der Waals surface area contributed by atoms with Gasteiger partial charge in [0, 0.05) is 47.8 Å². The van der Waals surface area contributed by atoms with Crippen molar-refractivity contribution in [3.8, 4) is 45.2 Å². The zero-order valence-electron chi connectivity index (χ0n) is 28.5. The van der Waals surface area contributed by atoms with Crippen molar-refractivity contribution in [1.29, 1.82) is 0 Å². The van der Waals surface area contributed by atoms with E-state index in [4.69, 9.17) is 15.0 Å². The first kappa shape index (κ1) is 29.9. The van der Waals surface area contributed by atoms with E-state index in [0.29, 0.717) is 5.82 Å². The molecule has 3 nitrogen and oxygen atoms in total. The topological polar surface area (TPSA) is 38.7 Å². The van der Waals surface area contributed by atoms with Crippen molar-refractivity contribution >= 4 is 74.7 Å². The Morgan fingerprint density at radius 2 is 0.868 bits per heavy atom. The van der Waals surface area contributed by atoms with E-state index in [1.165, 1.54) is 52.5 Å². The maximum Gasteiger partial charge on any atom is 0.160 e. The van der Waals surface area contributed by atoms with Gasteiger partial charge in [0.25, 0.3) is 0 Å². The van der Waals surface area contributed by atoms with Gasteiger partial charge in [0.15, 0.2) is 5.82 Å². The van der Waals surface area contributed by atoms with Crippen molar-refractivity contribution in [1.82, 2.24) is 15.0 Å². The zero-order valence-corrected chi connectivity index (χ0v) is 29.3. The number of hydrogen-bond acceptors (Lipinski definition) is 4. The summed E-state index contributed by atoms with van der Waals surface area (Å²) in [5, 5.41) is 11.1. The van der Waals surface area contributed by atoms with Crippen LogP contribution in [0.1, 0.15) is 0 Å². The minimum absolute atomic E-state index is 0.701. The second-order valence-electron chi connectivity index (χ2n) is 13.5. The van der Waals surface area contributed by atoms with E-state index < -0.39 is 0 Å². The highest BCUT2D eigenvalue weighted by atomic mass is 32.1. The number of pyridine rings is 1. The first-order valence-electron chi connectivity index (χ1n) is 17.9. The minimum Gasteiger partial charge on any atom is -0.247 e. The molecule has 0 aliphatic carbocycles. The van der Waals surface area contributed by atoms with Gasteiger partial charge in [-0.15, -0.1) is 11.3 Å². The summed E-state index contributed by atoms with van der Waals surface area (Å²) in [5.41, 5.74) is 7.85. The number of fused-ring (bicyclic) bond motifs is 11. The summed E-state index contributed by atoms with van der Waals surface area (Å²) in [4.78, 5) is 15.7. The van der Waals surface area contributed by atoms with Crippen LogP contribution in [-0.4, -0.2) is 15.0 Å². The first-order chi connectivity index (χ1) is 26.3. The van der Waals surface area contributed by atoms with Crippen LogP contribution in [-0.2, 0) is 0 Å². The number of benzene rings is 8. The molecule has 0 aliphatic rings. The molecule has 11 aromatic rings. The van der Waals surface area contributed by atoms with Crippen LogP contribution in [0, 0.1) is 0 Å². The van der Waals surface area contributed by atoms with Crippen molar-refractivity contribution in [2.45, 2.75) is 0 Å². The lowest BCUT2D eigenvalue weighted by Crippen LogP contribution is -1.96. The molecule has 0 bridgehead atoms. The molecule has 0 spiro atoms. The highest BCUT2D eigenvalue weighted by Gasteiger charge is 2.19. The molecule has 4 heteroatoms. The third-order valence-corrected chi connectivity index (χ3v) is 11.7. The Hall–Kier alpha value is -6.75.